The van der Waals surface area contributed by atoms with Gasteiger partial charge in [0.25, 0.3) is 0 Å². The molecular formula is C25H38N4. The molecular weight excluding hydrogens is 356 g/mol. The van der Waals surface area contributed by atoms with Crippen molar-refractivity contribution in [1.82, 2.24) is 15.2 Å². The highest BCUT2D eigenvalue weighted by molar-refractivity contribution is 6.03. The van der Waals surface area contributed by atoms with Gasteiger partial charge in [0.1, 0.15) is 5.84 Å². The molecule has 0 saturated heterocycles. The summed E-state index contributed by atoms with van der Waals surface area (Å²) in [4.78, 5) is 6.81. The Labute approximate surface area is 177 Å². The van der Waals surface area contributed by atoms with Crippen LogP contribution in [0.4, 0.5) is 0 Å². The van der Waals surface area contributed by atoms with Crippen LogP contribution in [0.1, 0.15) is 68.8 Å². The lowest BCUT2D eigenvalue weighted by Crippen LogP contribution is -2.34. The standard InChI is InChI=1S/C25H38N4/c1-5-23-24(17-29(25(23)26)22-9-7-6-8-10-22)21(13-14-27-4)12-11-20-15-18(2)28-19(3)16-20/h5,15-17,21-22,26-27H,6-14H2,1-4H3/b23-5-,26-25?. The SMILES string of the molecule is C/C=C1\C(=N)N(C2CCCCC2)C=C1C(CCNC)CCc1cc(C)nc(C)c1. The first-order valence-corrected chi connectivity index (χ1v) is 11.4. The van der Waals surface area contributed by atoms with E-state index >= 15 is 0 Å². The molecule has 1 unspecified atom stereocenters. The number of amidine groups is 1. The summed E-state index contributed by atoms with van der Waals surface area (Å²) in [5.41, 5.74) is 6.11. The van der Waals surface area contributed by atoms with Crippen molar-refractivity contribution in [2.24, 2.45) is 5.92 Å². The molecule has 1 fully saturated rings. The summed E-state index contributed by atoms with van der Waals surface area (Å²) in [5, 5.41) is 12.2. The van der Waals surface area contributed by atoms with E-state index in [1.165, 1.54) is 43.2 Å². The summed E-state index contributed by atoms with van der Waals surface area (Å²) < 4.78 is 0. The van der Waals surface area contributed by atoms with E-state index in [2.05, 4.69) is 60.4 Å². The lowest BCUT2D eigenvalue weighted by atomic mass is 9.86. The van der Waals surface area contributed by atoms with Crippen molar-refractivity contribution >= 4 is 5.84 Å². The summed E-state index contributed by atoms with van der Waals surface area (Å²) in [6.45, 7) is 7.25. The molecule has 1 aliphatic carbocycles. The number of hydrogen-bond acceptors (Lipinski definition) is 3. The third kappa shape index (κ3) is 5.36. The first kappa shape index (κ1) is 21.8. The lowest BCUT2D eigenvalue weighted by molar-refractivity contribution is 0.301. The van der Waals surface area contributed by atoms with Gasteiger partial charge in [0.05, 0.1) is 0 Å². The molecule has 0 aromatic carbocycles. The van der Waals surface area contributed by atoms with Crippen molar-refractivity contribution in [3.05, 3.63) is 52.5 Å². The predicted octanol–water partition coefficient (Wildman–Crippen LogP) is 5.31. The van der Waals surface area contributed by atoms with Crippen molar-refractivity contribution in [2.45, 2.75) is 78.2 Å². The van der Waals surface area contributed by atoms with E-state index in [0.29, 0.717) is 12.0 Å². The monoisotopic (exact) mass is 394 g/mol. The van der Waals surface area contributed by atoms with Crippen molar-refractivity contribution in [3.63, 3.8) is 0 Å². The number of allylic oxidation sites excluding steroid dienone is 1. The van der Waals surface area contributed by atoms with Gasteiger partial charge in [-0.05, 0) is 95.7 Å². The van der Waals surface area contributed by atoms with Crippen molar-refractivity contribution in [2.75, 3.05) is 13.6 Å². The summed E-state index contributed by atoms with van der Waals surface area (Å²) >= 11 is 0. The van der Waals surface area contributed by atoms with Crippen LogP contribution < -0.4 is 5.32 Å². The molecule has 3 rings (SSSR count). The van der Waals surface area contributed by atoms with Gasteiger partial charge in [-0.1, -0.05) is 25.3 Å². The fourth-order valence-corrected chi connectivity index (χ4v) is 5.02. The van der Waals surface area contributed by atoms with Crippen LogP contribution in [0.2, 0.25) is 0 Å². The van der Waals surface area contributed by atoms with Crippen molar-refractivity contribution in [1.29, 1.82) is 5.41 Å². The molecule has 2 heterocycles. The Morgan fingerprint density at radius 1 is 1.17 bits per heavy atom. The lowest BCUT2D eigenvalue weighted by Gasteiger charge is -2.31. The average molecular weight is 395 g/mol. The van der Waals surface area contributed by atoms with Crippen LogP contribution >= 0.6 is 0 Å². The fourth-order valence-electron chi connectivity index (χ4n) is 5.02. The Kier molecular flexibility index (Phi) is 7.65. The van der Waals surface area contributed by atoms with Gasteiger partial charge in [-0.3, -0.25) is 10.4 Å². The number of pyridine rings is 1. The van der Waals surface area contributed by atoms with Gasteiger partial charge >= 0.3 is 0 Å². The number of nitrogens with zero attached hydrogens (tertiary/aromatic N) is 2. The van der Waals surface area contributed by atoms with Crippen LogP contribution in [0.5, 0.6) is 0 Å². The Hall–Kier alpha value is -1.94. The third-order valence-electron chi connectivity index (χ3n) is 6.46. The van der Waals surface area contributed by atoms with Gasteiger partial charge in [-0.25, -0.2) is 0 Å². The normalized spacial score (nSPS) is 20.4. The molecule has 4 nitrogen and oxygen atoms in total. The molecule has 1 aromatic rings. The van der Waals surface area contributed by atoms with Crippen LogP contribution in [0.3, 0.4) is 0 Å². The second-order valence-electron chi connectivity index (χ2n) is 8.72. The first-order valence-electron chi connectivity index (χ1n) is 11.4. The predicted molar refractivity (Wildman–Crippen MR) is 122 cm³/mol. The molecule has 0 bridgehead atoms. The molecule has 4 heteroatoms. The van der Waals surface area contributed by atoms with Gasteiger partial charge in [0.15, 0.2) is 0 Å². The Morgan fingerprint density at radius 2 is 1.86 bits per heavy atom. The fraction of sp³-hybridized carbons (Fsp3) is 0.600. The Balaban J connectivity index is 1.80. The van der Waals surface area contributed by atoms with E-state index in [0.717, 1.165) is 48.6 Å². The molecule has 1 aliphatic heterocycles. The van der Waals surface area contributed by atoms with Gasteiger partial charge in [0, 0.05) is 29.2 Å². The van der Waals surface area contributed by atoms with E-state index in [1.54, 1.807) is 0 Å². The van der Waals surface area contributed by atoms with E-state index in [4.69, 9.17) is 5.41 Å². The highest BCUT2D eigenvalue weighted by Gasteiger charge is 2.33. The number of aromatic nitrogens is 1. The summed E-state index contributed by atoms with van der Waals surface area (Å²) in [7, 11) is 2.03. The van der Waals surface area contributed by atoms with E-state index in [1.807, 2.05) is 7.05 Å². The number of hydrogen-bond donors (Lipinski definition) is 2. The number of aryl methyl sites for hydroxylation is 3. The highest BCUT2D eigenvalue weighted by atomic mass is 15.2. The third-order valence-corrected chi connectivity index (χ3v) is 6.46. The largest absolute Gasteiger partial charge is 0.330 e. The average Bonchev–Trinajstić information content (AvgIpc) is 3.04. The zero-order chi connectivity index (χ0) is 20.8. The Morgan fingerprint density at radius 3 is 2.48 bits per heavy atom. The molecule has 1 saturated carbocycles. The summed E-state index contributed by atoms with van der Waals surface area (Å²) in [6.07, 6.45) is 14.2. The van der Waals surface area contributed by atoms with Gasteiger partial charge in [-0.15, -0.1) is 0 Å². The molecule has 1 aromatic heterocycles. The maximum atomic E-state index is 8.83. The van der Waals surface area contributed by atoms with E-state index in [-0.39, 0.29) is 0 Å². The smallest absolute Gasteiger partial charge is 0.132 e. The zero-order valence-corrected chi connectivity index (χ0v) is 18.7. The number of rotatable bonds is 8. The van der Waals surface area contributed by atoms with E-state index in [9.17, 15) is 0 Å². The molecule has 29 heavy (non-hydrogen) atoms. The van der Waals surface area contributed by atoms with Crippen molar-refractivity contribution < 1.29 is 0 Å². The molecule has 1 atom stereocenters. The van der Waals surface area contributed by atoms with Crippen LogP contribution in [0.25, 0.3) is 0 Å². The minimum atomic E-state index is 0.469. The molecule has 2 aliphatic rings. The van der Waals surface area contributed by atoms with Crippen LogP contribution in [-0.2, 0) is 6.42 Å². The minimum Gasteiger partial charge on any atom is -0.330 e. The highest BCUT2D eigenvalue weighted by Crippen LogP contribution is 2.37. The second-order valence-corrected chi connectivity index (χ2v) is 8.72. The zero-order valence-electron chi connectivity index (χ0n) is 18.7. The van der Waals surface area contributed by atoms with Crippen LogP contribution in [0.15, 0.2) is 35.6 Å². The molecule has 158 valence electrons. The summed E-state index contributed by atoms with van der Waals surface area (Å²) in [5.74, 6) is 1.19. The molecule has 0 radical (unpaired) electrons. The summed E-state index contributed by atoms with van der Waals surface area (Å²) in [6, 6.07) is 4.95. The topological polar surface area (TPSA) is 52.0 Å². The molecule has 0 amide bonds. The maximum absolute atomic E-state index is 8.83. The molecule has 0 spiro atoms. The first-order chi connectivity index (χ1) is 14.0. The minimum absolute atomic E-state index is 0.469. The Bertz CT molecular complexity index is 751. The van der Waals surface area contributed by atoms with E-state index < -0.39 is 0 Å². The van der Waals surface area contributed by atoms with Gasteiger partial charge in [-0.2, -0.15) is 0 Å². The van der Waals surface area contributed by atoms with Crippen LogP contribution in [0, 0.1) is 25.2 Å². The molecule has 2 N–H and O–H groups in total. The number of nitrogens with one attached hydrogen (secondary N) is 2. The second kappa shape index (κ2) is 10.2. The maximum Gasteiger partial charge on any atom is 0.132 e. The van der Waals surface area contributed by atoms with Crippen molar-refractivity contribution in [3.8, 4) is 0 Å². The van der Waals surface area contributed by atoms with Crippen LogP contribution in [-0.4, -0.2) is 35.4 Å². The van der Waals surface area contributed by atoms with Gasteiger partial charge in [0.2, 0.25) is 0 Å². The quantitative estimate of drug-likeness (QED) is 0.628. The van der Waals surface area contributed by atoms with Gasteiger partial charge < -0.3 is 10.2 Å².